The van der Waals surface area contributed by atoms with Crippen LogP contribution in [-0.4, -0.2) is 34.7 Å². The van der Waals surface area contributed by atoms with Gasteiger partial charge in [-0.3, -0.25) is 4.79 Å². The molecule has 4 heteroatoms. The van der Waals surface area contributed by atoms with Crippen molar-refractivity contribution in [3.63, 3.8) is 0 Å². The number of carbonyl (C=O) groups excluding carboxylic acids is 2. The van der Waals surface area contributed by atoms with Gasteiger partial charge in [0.1, 0.15) is 6.29 Å². The van der Waals surface area contributed by atoms with E-state index in [2.05, 4.69) is 41.2 Å². The summed E-state index contributed by atoms with van der Waals surface area (Å²) in [6.07, 6.45) is 11.7. The second kappa shape index (κ2) is 7.62. The second-order valence-electron chi connectivity index (χ2n) is 9.58. The molecule has 4 nitrogen and oxygen atoms in total. The molecule has 154 valence electrons. The molecule has 1 aromatic heterocycles. The van der Waals surface area contributed by atoms with Gasteiger partial charge in [-0.2, -0.15) is 0 Å². The van der Waals surface area contributed by atoms with Crippen LogP contribution < -0.4 is 0 Å². The molecule has 0 radical (unpaired) electrons. The number of aldehydes is 1. The Balaban J connectivity index is 1.36. The molecule has 5 rings (SSSR count). The Morgan fingerprint density at radius 3 is 2.86 bits per heavy atom. The zero-order chi connectivity index (χ0) is 20.0. The Morgan fingerprint density at radius 2 is 2.07 bits per heavy atom. The van der Waals surface area contributed by atoms with Crippen LogP contribution in [0.5, 0.6) is 0 Å². The zero-order valence-corrected chi connectivity index (χ0v) is 17.4. The molecule has 29 heavy (non-hydrogen) atoms. The molecule has 1 amide bonds. The number of amides is 1. The third-order valence-electron chi connectivity index (χ3n) is 7.71. The van der Waals surface area contributed by atoms with E-state index in [4.69, 9.17) is 0 Å². The van der Waals surface area contributed by atoms with Crippen LogP contribution in [0.15, 0.2) is 24.4 Å². The van der Waals surface area contributed by atoms with E-state index < -0.39 is 0 Å². The summed E-state index contributed by atoms with van der Waals surface area (Å²) in [5.74, 6) is 1.70. The number of rotatable bonds is 5. The number of likely N-dealkylation sites (tertiary alicyclic amines) is 1. The van der Waals surface area contributed by atoms with Gasteiger partial charge in [-0.1, -0.05) is 25.5 Å². The molecule has 4 unspecified atom stereocenters. The normalized spacial score (nSPS) is 28.2. The minimum atomic E-state index is 0.150. The van der Waals surface area contributed by atoms with Gasteiger partial charge in [0.15, 0.2) is 0 Å². The fraction of sp³-hybridized carbons (Fsp3) is 0.600. The Kier molecular flexibility index (Phi) is 4.97. The first-order chi connectivity index (χ1) is 14.2. The number of nitrogens with one attached hydrogen (secondary N) is 1. The minimum absolute atomic E-state index is 0.150. The van der Waals surface area contributed by atoms with Crippen LogP contribution in [0.25, 0.3) is 10.9 Å². The fourth-order valence-corrected chi connectivity index (χ4v) is 6.06. The summed E-state index contributed by atoms with van der Waals surface area (Å²) in [7, 11) is 0. The lowest BCUT2D eigenvalue weighted by atomic mass is 9.71. The number of carbonyl (C=O) groups is 2. The van der Waals surface area contributed by atoms with Gasteiger partial charge in [0, 0.05) is 42.0 Å². The summed E-state index contributed by atoms with van der Waals surface area (Å²) >= 11 is 0. The Labute approximate surface area is 173 Å². The number of benzene rings is 1. The third-order valence-corrected chi connectivity index (χ3v) is 7.71. The molecule has 2 aliphatic carbocycles. The average molecular weight is 393 g/mol. The molecule has 1 aliphatic heterocycles. The van der Waals surface area contributed by atoms with E-state index in [0.29, 0.717) is 18.3 Å². The van der Waals surface area contributed by atoms with E-state index in [1.54, 1.807) is 0 Å². The standard InChI is InChI=1S/C25H32N2O2/c1-16(21-14-26-22-8-3-6-20(25(21)22)17-10-11-17)13-24(29)27-12-4-7-19-18(15-28)5-2-9-23(19)27/h3,6,8,14-19,23,26H,2,4-5,7,9-13H2,1H3. The topological polar surface area (TPSA) is 53.2 Å². The molecule has 2 saturated carbocycles. The van der Waals surface area contributed by atoms with Crippen LogP contribution in [0.2, 0.25) is 0 Å². The molecule has 2 aromatic rings. The molecule has 3 fully saturated rings. The summed E-state index contributed by atoms with van der Waals surface area (Å²) in [5.41, 5.74) is 3.94. The van der Waals surface area contributed by atoms with Crippen molar-refractivity contribution >= 4 is 23.1 Å². The molecule has 0 spiro atoms. The number of aromatic nitrogens is 1. The number of hydrogen-bond acceptors (Lipinski definition) is 2. The van der Waals surface area contributed by atoms with Crippen molar-refractivity contribution in [2.24, 2.45) is 11.8 Å². The van der Waals surface area contributed by atoms with Crippen LogP contribution in [0.1, 0.15) is 81.3 Å². The highest BCUT2D eigenvalue weighted by Gasteiger charge is 2.40. The largest absolute Gasteiger partial charge is 0.361 e. The van der Waals surface area contributed by atoms with E-state index in [9.17, 15) is 9.59 Å². The highest BCUT2D eigenvalue weighted by atomic mass is 16.2. The van der Waals surface area contributed by atoms with Gasteiger partial charge in [-0.05, 0) is 73.5 Å². The van der Waals surface area contributed by atoms with Gasteiger partial charge in [-0.15, -0.1) is 0 Å². The van der Waals surface area contributed by atoms with Crippen molar-refractivity contribution in [1.29, 1.82) is 0 Å². The quantitative estimate of drug-likeness (QED) is 0.716. The fourth-order valence-electron chi connectivity index (χ4n) is 6.06. The lowest BCUT2D eigenvalue weighted by Crippen LogP contribution is -2.52. The van der Waals surface area contributed by atoms with Crippen molar-refractivity contribution < 1.29 is 9.59 Å². The van der Waals surface area contributed by atoms with Crippen LogP contribution in [0.4, 0.5) is 0 Å². The van der Waals surface area contributed by atoms with E-state index in [0.717, 1.165) is 44.9 Å². The van der Waals surface area contributed by atoms with Crippen LogP contribution >= 0.6 is 0 Å². The molecule has 1 aromatic carbocycles. The number of piperidine rings is 1. The smallest absolute Gasteiger partial charge is 0.223 e. The predicted octanol–water partition coefficient (Wildman–Crippen LogP) is 5.15. The second-order valence-corrected chi connectivity index (χ2v) is 9.58. The molecule has 2 heterocycles. The maximum atomic E-state index is 13.3. The monoisotopic (exact) mass is 392 g/mol. The number of aromatic amines is 1. The van der Waals surface area contributed by atoms with Crippen molar-refractivity contribution in [2.45, 2.75) is 76.2 Å². The van der Waals surface area contributed by atoms with Gasteiger partial charge in [0.05, 0.1) is 0 Å². The highest BCUT2D eigenvalue weighted by Crippen LogP contribution is 2.45. The van der Waals surface area contributed by atoms with Gasteiger partial charge in [-0.25, -0.2) is 0 Å². The molecule has 1 saturated heterocycles. The van der Waals surface area contributed by atoms with Crippen LogP contribution in [0.3, 0.4) is 0 Å². The minimum Gasteiger partial charge on any atom is -0.361 e. The first-order valence-corrected chi connectivity index (χ1v) is 11.5. The van der Waals surface area contributed by atoms with Gasteiger partial charge in [0.2, 0.25) is 5.91 Å². The Bertz CT molecular complexity index is 913. The van der Waals surface area contributed by atoms with Crippen LogP contribution in [0, 0.1) is 11.8 Å². The Morgan fingerprint density at radius 1 is 1.21 bits per heavy atom. The van der Waals surface area contributed by atoms with E-state index in [1.165, 1.54) is 34.9 Å². The first-order valence-electron chi connectivity index (χ1n) is 11.5. The summed E-state index contributed by atoms with van der Waals surface area (Å²) in [6, 6.07) is 6.84. The van der Waals surface area contributed by atoms with Crippen molar-refractivity contribution in [1.82, 2.24) is 9.88 Å². The summed E-state index contributed by atoms with van der Waals surface area (Å²) in [4.78, 5) is 30.5. The molecular weight excluding hydrogens is 360 g/mol. The van der Waals surface area contributed by atoms with Gasteiger partial charge in [0.25, 0.3) is 0 Å². The third kappa shape index (κ3) is 3.41. The lowest BCUT2D eigenvalue weighted by molar-refractivity contribution is -0.140. The maximum absolute atomic E-state index is 13.3. The Hall–Kier alpha value is -2.10. The molecular formula is C25H32N2O2. The van der Waals surface area contributed by atoms with Crippen LogP contribution in [-0.2, 0) is 9.59 Å². The van der Waals surface area contributed by atoms with Crippen molar-refractivity contribution in [3.8, 4) is 0 Å². The zero-order valence-electron chi connectivity index (χ0n) is 17.4. The molecule has 1 N–H and O–H groups in total. The summed E-state index contributed by atoms with van der Waals surface area (Å²) < 4.78 is 0. The van der Waals surface area contributed by atoms with Crippen molar-refractivity contribution in [3.05, 3.63) is 35.5 Å². The number of nitrogens with zero attached hydrogens (tertiary/aromatic N) is 1. The SMILES string of the molecule is CC(CC(=O)N1CCCC2C(C=O)CCCC21)c1c[nH]c2cccc(C3CC3)c12. The summed E-state index contributed by atoms with van der Waals surface area (Å²) in [5, 5.41) is 1.35. The average Bonchev–Trinajstić information content (AvgIpc) is 3.50. The molecule has 0 bridgehead atoms. The highest BCUT2D eigenvalue weighted by molar-refractivity contribution is 5.89. The van der Waals surface area contributed by atoms with Gasteiger partial charge < -0.3 is 14.7 Å². The predicted molar refractivity (Wildman–Crippen MR) is 115 cm³/mol. The lowest BCUT2D eigenvalue weighted by Gasteiger charge is -2.46. The summed E-state index contributed by atoms with van der Waals surface area (Å²) in [6.45, 7) is 3.06. The molecule has 3 aliphatic rings. The van der Waals surface area contributed by atoms with Gasteiger partial charge >= 0.3 is 0 Å². The molecule has 4 atom stereocenters. The van der Waals surface area contributed by atoms with E-state index in [1.807, 2.05) is 0 Å². The van der Waals surface area contributed by atoms with E-state index >= 15 is 0 Å². The number of H-pyrrole nitrogens is 1. The van der Waals surface area contributed by atoms with Crippen molar-refractivity contribution in [2.75, 3.05) is 6.54 Å². The van der Waals surface area contributed by atoms with E-state index in [-0.39, 0.29) is 23.8 Å². The maximum Gasteiger partial charge on any atom is 0.223 e. The first kappa shape index (κ1) is 18.9. The number of hydrogen-bond donors (Lipinski definition) is 1. The number of fused-ring (bicyclic) bond motifs is 2.